The van der Waals surface area contributed by atoms with Gasteiger partial charge in [0.05, 0.1) is 34.8 Å². The van der Waals surface area contributed by atoms with Gasteiger partial charge >= 0.3 is 5.97 Å². The van der Waals surface area contributed by atoms with E-state index in [4.69, 9.17) is 0 Å². The van der Waals surface area contributed by atoms with Gasteiger partial charge in [-0.2, -0.15) is 0 Å². The Kier molecular flexibility index (Phi) is 6.39. The summed E-state index contributed by atoms with van der Waals surface area (Å²) in [5.74, 6) is -0.141. The molecule has 1 atom stereocenters. The minimum atomic E-state index is -0.127. The van der Waals surface area contributed by atoms with Crippen molar-refractivity contribution < 1.29 is 26.4 Å². The topological polar surface area (TPSA) is 26.3 Å². The predicted octanol–water partition coefficient (Wildman–Crippen LogP) is -2.49. The van der Waals surface area contributed by atoms with Crippen molar-refractivity contribution in [3.63, 3.8) is 0 Å². The van der Waals surface area contributed by atoms with Crippen molar-refractivity contribution in [3.8, 4) is 0 Å². The molecule has 0 saturated heterocycles. The lowest BCUT2D eigenvalue weighted by atomic mass is 10.1. The Morgan fingerprint density at radius 1 is 1.42 bits per heavy atom. The Bertz CT molecular complexity index is 142. The van der Waals surface area contributed by atoms with Crippen LogP contribution in [0.2, 0.25) is 0 Å². The van der Waals surface area contributed by atoms with Crippen LogP contribution in [0.15, 0.2) is 0 Å². The van der Waals surface area contributed by atoms with Crippen LogP contribution in [0, 0.1) is 5.92 Å². The fraction of sp³-hybridized carbons (Fsp3) is 0.875. The number of rotatable bonds is 3. The third kappa shape index (κ3) is 6.43. The summed E-state index contributed by atoms with van der Waals surface area (Å²) in [6.07, 6.45) is 0. The van der Waals surface area contributed by atoms with Crippen LogP contribution in [0.5, 0.6) is 0 Å². The highest BCUT2D eigenvalue weighted by atomic mass is 35.5. The Balaban J connectivity index is 0. The maximum Gasteiger partial charge on any atom is 0.314 e. The van der Waals surface area contributed by atoms with Crippen LogP contribution in [0.3, 0.4) is 0 Å². The molecule has 0 N–H and O–H groups in total. The van der Waals surface area contributed by atoms with Crippen LogP contribution in [-0.4, -0.2) is 45.2 Å². The van der Waals surface area contributed by atoms with E-state index in [0.717, 1.165) is 11.0 Å². The molecule has 74 valence electrons. The summed E-state index contributed by atoms with van der Waals surface area (Å²) in [5.41, 5.74) is 0. The van der Waals surface area contributed by atoms with Gasteiger partial charge in [0.15, 0.2) is 0 Å². The Labute approximate surface area is 80.7 Å². The highest BCUT2D eigenvalue weighted by Gasteiger charge is 2.20. The van der Waals surface area contributed by atoms with Gasteiger partial charge in [0.1, 0.15) is 5.92 Å². The molecule has 0 aliphatic heterocycles. The molecule has 0 fully saturated rings. The summed E-state index contributed by atoms with van der Waals surface area (Å²) in [6.45, 7) is 2.70. The molecule has 0 rings (SSSR count). The molecule has 0 aromatic rings. The molecule has 0 amide bonds. The molecule has 0 aromatic carbocycles. The van der Waals surface area contributed by atoms with Crippen molar-refractivity contribution >= 4 is 5.97 Å². The summed E-state index contributed by atoms with van der Waals surface area (Å²) >= 11 is 0. The lowest BCUT2D eigenvalue weighted by molar-refractivity contribution is -0.872. The quantitative estimate of drug-likeness (QED) is 0.368. The van der Waals surface area contributed by atoms with Crippen LogP contribution >= 0.6 is 0 Å². The second-order valence-corrected chi connectivity index (χ2v) is 3.90. The molecule has 0 heterocycles. The molecule has 1 unspecified atom stereocenters. The number of esters is 1. The molecule has 0 bridgehead atoms. The number of halogens is 1. The van der Waals surface area contributed by atoms with Gasteiger partial charge in [0.2, 0.25) is 0 Å². The van der Waals surface area contributed by atoms with Gasteiger partial charge in [0, 0.05) is 0 Å². The molecule has 0 spiro atoms. The number of hydrogen-bond donors (Lipinski definition) is 0. The number of quaternary nitrogens is 1. The summed E-state index contributed by atoms with van der Waals surface area (Å²) in [4.78, 5) is 11.0. The highest BCUT2D eigenvalue weighted by molar-refractivity contribution is 5.71. The van der Waals surface area contributed by atoms with Crippen molar-refractivity contribution in [1.82, 2.24) is 0 Å². The fourth-order valence-corrected chi connectivity index (χ4v) is 1.10. The summed E-state index contributed by atoms with van der Waals surface area (Å²) < 4.78 is 5.40. The maximum absolute atomic E-state index is 11.0. The van der Waals surface area contributed by atoms with E-state index in [9.17, 15) is 4.79 Å². The Morgan fingerprint density at radius 3 is 2.08 bits per heavy atom. The van der Waals surface area contributed by atoms with E-state index >= 15 is 0 Å². The zero-order valence-corrected chi connectivity index (χ0v) is 9.18. The minimum absolute atomic E-state index is 0. The molecule has 0 radical (unpaired) electrons. The number of ether oxygens (including phenoxy) is 1. The molecular formula is C8H18ClNO2. The van der Waals surface area contributed by atoms with E-state index in [0.29, 0.717) is 0 Å². The number of carbonyl (C=O) groups is 1. The second kappa shape index (κ2) is 5.38. The monoisotopic (exact) mass is 195 g/mol. The van der Waals surface area contributed by atoms with Crippen LogP contribution in [-0.2, 0) is 9.53 Å². The first-order valence-corrected chi connectivity index (χ1v) is 3.75. The maximum atomic E-state index is 11.0. The zero-order valence-electron chi connectivity index (χ0n) is 8.43. The van der Waals surface area contributed by atoms with Gasteiger partial charge in [-0.05, 0) is 6.92 Å². The highest BCUT2D eigenvalue weighted by Crippen LogP contribution is 2.03. The van der Waals surface area contributed by atoms with E-state index in [2.05, 4.69) is 25.9 Å². The number of hydrogen-bond acceptors (Lipinski definition) is 2. The molecule has 0 saturated carbocycles. The Morgan fingerprint density at radius 2 is 1.83 bits per heavy atom. The van der Waals surface area contributed by atoms with Gasteiger partial charge in [-0.25, -0.2) is 0 Å². The first-order valence-electron chi connectivity index (χ1n) is 3.75. The standard InChI is InChI=1S/C8H18NO2.ClH/c1-7(8(10)11-5)6-9(2,3)4;/h7H,6H2,1-5H3;1H/q+1;/p-1. The predicted molar refractivity (Wildman–Crippen MR) is 44.1 cm³/mol. The average Bonchev–Trinajstić information content (AvgIpc) is 1.82. The SMILES string of the molecule is COC(=O)C(C)C[N+](C)(C)C.[Cl-]. The molecule has 0 aliphatic carbocycles. The van der Waals surface area contributed by atoms with Crippen LogP contribution in [0.25, 0.3) is 0 Å². The van der Waals surface area contributed by atoms with Crippen molar-refractivity contribution in [2.24, 2.45) is 5.92 Å². The largest absolute Gasteiger partial charge is 1.00 e. The third-order valence-corrected chi connectivity index (χ3v) is 1.43. The minimum Gasteiger partial charge on any atom is -1.00 e. The van der Waals surface area contributed by atoms with E-state index in [1.807, 2.05) is 6.92 Å². The third-order valence-electron chi connectivity index (χ3n) is 1.43. The van der Waals surface area contributed by atoms with Gasteiger partial charge < -0.3 is 21.6 Å². The first kappa shape index (κ1) is 14.3. The average molecular weight is 196 g/mol. The molecule has 4 heteroatoms. The van der Waals surface area contributed by atoms with Crippen LogP contribution < -0.4 is 12.4 Å². The first-order chi connectivity index (χ1) is 4.87. The van der Waals surface area contributed by atoms with Gasteiger partial charge in [0.25, 0.3) is 0 Å². The molecular weight excluding hydrogens is 178 g/mol. The van der Waals surface area contributed by atoms with E-state index in [1.54, 1.807) is 0 Å². The fourth-order valence-electron chi connectivity index (χ4n) is 1.10. The van der Waals surface area contributed by atoms with E-state index < -0.39 is 0 Å². The van der Waals surface area contributed by atoms with Crippen LogP contribution in [0.4, 0.5) is 0 Å². The van der Waals surface area contributed by atoms with Gasteiger partial charge in [-0.1, -0.05) is 0 Å². The number of carbonyl (C=O) groups excluding carboxylic acids is 1. The summed E-state index contributed by atoms with van der Waals surface area (Å²) in [6, 6.07) is 0. The zero-order chi connectivity index (χ0) is 9.07. The van der Waals surface area contributed by atoms with Gasteiger partial charge in [-0.3, -0.25) is 4.79 Å². The van der Waals surface area contributed by atoms with Gasteiger partial charge in [-0.15, -0.1) is 0 Å². The lowest BCUT2D eigenvalue weighted by Crippen LogP contribution is -3.00. The van der Waals surface area contributed by atoms with Crippen molar-refractivity contribution in [3.05, 3.63) is 0 Å². The second-order valence-electron chi connectivity index (χ2n) is 3.90. The molecule has 12 heavy (non-hydrogen) atoms. The number of nitrogens with zero attached hydrogens (tertiary/aromatic N) is 1. The van der Waals surface area contributed by atoms with Crippen molar-refractivity contribution in [2.75, 3.05) is 34.8 Å². The van der Waals surface area contributed by atoms with E-state index in [-0.39, 0.29) is 24.3 Å². The molecule has 0 aromatic heterocycles. The summed E-state index contributed by atoms with van der Waals surface area (Å²) in [7, 11) is 7.59. The molecule has 0 aliphatic rings. The van der Waals surface area contributed by atoms with E-state index in [1.165, 1.54) is 7.11 Å². The van der Waals surface area contributed by atoms with Crippen LogP contribution in [0.1, 0.15) is 6.92 Å². The molecule has 3 nitrogen and oxygen atoms in total. The van der Waals surface area contributed by atoms with Crippen molar-refractivity contribution in [2.45, 2.75) is 6.92 Å². The lowest BCUT2D eigenvalue weighted by Gasteiger charge is -2.26. The van der Waals surface area contributed by atoms with Crippen molar-refractivity contribution in [1.29, 1.82) is 0 Å². The number of methoxy groups -OCH3 is 1. The summed E-state index contributed by atoms with van der Waals surface area (Å²) in [5, 5.41) is 0. The smallest absolute Gasteiger partial charge is 0.314 e. The Hall–Kier alpha value is -0.280. The normalized spacial score (nSPS) is 13.1.